The highest BCUT2D eigenvalue weighted by atomic mass is 16.4. The van der Waals surface area contributed by atoms with Gasteiger partial charge < -0.3 is 20.8 Å². The highest BCUT2D eigenvalue weighted by Gasteiger charge is 2.24. The summed E-state index contributed by atoms with van der Waals surface area (Å²) in [5, 5.41) is 25.0. The lowest BCUT2D eigenvalue weighted by Gasteiger charge is -2.34. The van der Waals surface area contributed by atoms with Crippen molar-refractivity contribution in [3.63, 3.8) is 0 Å². The molecule has 150 valence electrons. The molecule has 0 radical (unpaired) electrons. The number of aromatic carboxylic acids is 2. The predicted molar refractivity (Wildman–Crippen MR) is 109 cm³/mol. The fourth-order valence-electron chi connectivity index (χ4n) is 3.08. The van der Waals surface area contributed by atoms with Gasteiger partial charge in [-0.15, -0.1) is 0 Å². The second-order valence-electron chi connectivity index (χ2n) is 6.95. The SMILES string of the molecule is CCC(CC)(CNCc1ccc(C(=O)O)cc1)NCc1ccc(C(=O)O)cc1. The van der Waals surface area contributed by atoms with Crippen LogP contribution >= 0.6 is 0 Å². The van der Waals surface area contributed by atoms with E-state index in [0.29, 0.717) is 13.1 Å². The van der Waals surface area contributed by atoms with Crippen LogP contribution in [-0.2, 0) is 13.1 Å². The Morgan fingerprint density at radius 2 is 1.21 bits per heavy atom. The molecule has 0 saturated heterocycles. The molecule has 0 aliphatic heterocycles. The van der Waals surface area contributed by atoms with E-state index in [9.17, 15) is 9.59 Å². The van der Waals surface area contributed by atoms with E-state index >= 15 is 0 Å². The summed E-state index contributed by atoms with van der Waals surface area (Å²) in [6.45, 7) is 6.39. The van der Waals surface area contributed by atoms with Crippen molar-refractivity contribution in [2.75, 3.05) is 6.54 Å². The summed E-state index contributed by atoms with van der Waals surface area (Å²) < 4.78 is 0. The van der Waals surface area contributed by atoms with Gasteiger partial charge in [0.05, 0.1) is 11.1 Å². The molecule has 2 aromatic rings. The number of carboxylic acids is 2. The monoisotopic (exact) mass is 384 g/mol. The average Bonchev–Trinajstić information content (AvgIpc) is 2.71. The maximum Gasteiger partial charge on any atom is 0.335 e. The predicted octanol–water partition coefficient (Wildman–Crippen LogP) is 3.52. The van der Waals surface area contributed by atoms with Crippen LogP contribution < -0.4 is 10.6 Å². The van der Waals surface area contributed by atoms with Gasteiger partial charge in [-0.2, -0.15) is 0 Å². The molecule has 4 N–H and O–H groups in total. The van der Waals surface area contributed by atoms with Crippen LogP contribution in [0.5, 0.6) is 0 Å². The topological polar surface area (TPSA) is 98.7 Å². The van der Waals surface area contributed by atoms with Gasteiger partial charge in [0, 0.05) is 25.2 Å². The molecule has 0 unspecified atom stereocenters. The van der Waals surface area contributed by atoms with Crippen LogP contribution in [0.15, 0.2) is 48.5 Å². The molecule has 6 nitrogen and oxygen atoms in total. The fourth-order valence-corrected chi connectivity index (χ4v) is 3.08. The molecule has 2 rings (SSSR count). The Balaban J connectivity index is 1.91. The maximum absolute atomic E-state index is 11.0. The average molecular weight is 384 g/mol. The molecule has 0 spiro atoms. The molecule has 0 amide bonds. The molecule has 28 heavy (non-hydrogen) atoms. The van der Waals surface area contributed by atoms with Crippen LogP contribution in [0.25, 0.3) is 0 Å². The number of benzene rings is 2. The zero-order valence-corrected chi connectivity index (χ0v) is 16.4. The second-order valence-corrected chi connectivity index (χ2v) is 6.95. The first kappa shape index (κ1) is 21.6. The van der Waals surface area contributed by atoms with Gasteiger partial charge in [-0.3, -0.25) is 0 Å². The van der Waals surface area contributed by atoms with Crippen LogP contribution in [0.4, 0.5) is 0 Å². The van der Waals surface area contributed by atoms with E-state index in [-0.39, 0.29) is 16.7 Å². The standard InChI is InChI=1S/C22H28N2O4/c1-3-22(4-2,24-14-17-7-11-19(12-8-17)21(27)28)15-23-13-16-5-9-18(10-6-16)20(25)26/h5-12,23-24H,3-4,13-15H2,1-2H3,(H,25,26)(H,27,28). The highest BCUT2D eigenvalue weighted by molar-refractivity contribution is 5.87. The van der Waals surface area contributed by atoms with E-state index in [2.05, 4.69) is 24.5 Å². The number of carbonyl (C=O) groups is 2. The molecular weight excluding hydrogens is 356 g/mol. The lowest BCUT2D eigenvalue weighted by Crippen LogP contribution is -2.51. The Morgan fingerprint density at radius 1 is 0.786 bits per heavy atom. The van der Waals surface area contributed by atoms with Crippen molar-refractivity contribution in [2.45, 2.75) is 45.3 Å². The number of nitrogens with one attached hydrogen (secondary N) is 2. The van der Waals surface area contributed by atoms with Crippen LogP contribution in [-0.4, -0.2) is 34.2 Å². The maximum atomic E-state index is 11.0. The number of hydrogen-bond acceptors (Lipinski definition) is 4. The lowest BCUT2D eigenvalue weighted by atomic mass is 9.92. The lowest BCUT2D eigenvalue weighted by molar-refractivity contribution is 0.0686. The molecule has 2 aromatic carbocycles. The van der Waals surface area contributed by atoms with Gasteiger partial charge >= 0.3 is 11.9 Å². The summed E-state index contributed by atoms with van der Waals surface area (Å²) in [6, 6.07) is 13.8. The summed E-state index contributed by atoms with van der Waals surface area (Å²) in [7, 11) is 0. The largest absolute Gasteiger partial charge is 0.478 e. The Labute approximate surface area is 165 Å². The summed E-state index contributed by atoms with van der Waals surface area (Å²) in [6.07, 6.45) is 1.89. The Kier molecular flexibility index (Phi) is 7.72. The molecule has 0 saturated carbocycles. The van der Waals surface area contributed by atoms with E-state index in [1.54, 1.807) is 24.3 Å². The summed E-state index contributed by atoms with van der Waals surface area (Å²) in [5.74, 6) is -1.84. The first-order valence-corrected chi connectivity index (χ1v) is 9.49. The molecule has 0 atom stereocenters. The fraction of sp³-hybridized carbons (Fsp3) is 0.364. The summed E-state index contributed by atoms with van der Waals surface area (Å²) in [5.41, 5.74) is 2.58. The second kappa shape index (κ2) is 10.0. The molecule has 0 fully saturated rings. The third kappa shape index (κ3) is 5.90. The van der Waals surface area contributed by atoms with Gasteiger partial charge in [0.2, 0.25) is 0 Å². The molecular formula is C22H28N2O4. The van der Waals surface area contributed by atoms with Crippen LogP contribution in [0.2, 0.25) is 0 Å². The minimum Gasteiger partial charge on any atom is -0.478 e. The first-order chi connectivity index (χ1) is 13.4. The smallest absolute Gasteiger partial charge is 0.335 e. The molecule has 0 bridgehead atoms. The molecule has 0 aliphatic carbocycles. The molecule has 0 aliphatic rings. The normalized spacial score (nSPS) is 11.4. The van der Waals surface area contributed by atoms with Crippen molar-refractivity contribution in [3.8, 4) is 0 Å². The van der Waals surface area contributed by atoms with Crippen molar-refractivity contribution < 1.29 is 19.8 Å². The van der Waals surface area contributed by atoms with Gasteiger partial charge in [0.25, 0.3) is 0 Å². The Morgan fingerprint density at radius 3 is 1.61 bits per heavy atom. The molecule has 6 heteroatoms. The van der Waals surface area contributed by atoms with Crippen molar-refractivity contribution >= 4 is 11.9 Å². The van der Waals surface area contributed by atoms with Crippen molar-refractivity contribution in [1.82, 2.24) is 10.6 Å². The first-order valence-electron chi connectivity index (χ1n) is 9.49. The van der Waals surface area contributed by atoms with Gasteiger partial charge in [-0.1, -0.05) is 38.1 Å². The Bertz CT molecular complexity index is 781. The molecule has 0 heterocycles. The van der Waals surface area contributed by atoms with Crippen molar-refractivity contribution in [2.24, 2.45) is 0 Å². The van der Waals surface area contributed by atoms with Crippen LogP contribution in [0.3, 0.4) is 0 Å². The van der Waals surface area contributed by atoms with Gasteiger partial charge in [-0.25, -0.2) is 9.59 Å². The van der Waals surface area contributed by atoms with E-state index < -0.39 is 11.9 Å². The van der Waals surface area contributed by atoms with Gasteiger partial charge in [0.1, 0.15) is 0 Å². The minimum atomic E-state index is -0.920. The third-order valence-corrected chi connectivity index (χ3v) is 5.22. The zero-order chi connectivity index (χ0) is 20.6. The molecule has 0 aromatic heterocycles. The third-order valence-electron chi connectivity index (χ3n) is 5.22. The highest BCUT2D eigenvalue weighted by Crippen LogP contribution is 2.16. The number of rotatable bonds is 11. The number of hydrogen-bond donors (Lipinski definition) is 4. The van der Waals surface area contributed by atoms with E-state index in [0.717, 1.165) is 30.5 Å². The Hall–Kier alpha value is -2.70. The van der Waals surface area contributed by atoms with Crippen LogP contribution in [0, 0.1) is 0 Å². The summed E-state index contributed by atoms with van der Waals surface area (Å²) in [4.78, 5) is 21.9. The van der Waals surface area contributed by atoms with Crippen molar-refractivity contribution in [3.05, 3.63) is 70.8 Å². The minimum absolute atomic E-state index is 0.0769. The quantitative estimate of drug-likeness (QED) is 0.473. The van der Waals surface area contributed by atoms with Gasteiger partial charge in [-0.05, 0) is 48.2 Å². The van der Waals surface area contributed by atoms with E-state index in [4.69, 9.17) is 10.2 Å². The number of carboxylic acid groups (broad SMARTS) is 2. The van der Waals surface area contributed by atoms with Gasteiger partial charge in [0.15, 0.2) is 0 Å². The van der Waals surface area contributed by atoms with E-state index in [1.165, 1.54) is 0 Å². The van der Waals surface area contributed by atoms with Crippen LogP contribution in [0.1, 0.15) is 58.5 Å². The zero-order valence-electron chi connectivity index (χ0n) is 16.4. The van der Waals surface area contributed by atoms with Crippen molar-refractivity contribution in [1.29, 1.82) is 0 Å². The van der Waals surface area contributed by atoms with E-state index in [1.807, 2.05) is 24.3 Å². The summed E-state index contributed by atoms with van der Waals surface area (Å²) >= 11 is 0.